The second-order valence-electron chi connectivity index (χ2n) is 6.56. The molecule has 26 heavy (non-hydrogen) atoms. The van der Waals surface area contributed by atoms with E-state index in [1.807, 2.05) is 25.1 Å². The highest BCUT2D eigenvalue weighted by molar-refractivity contribution is 5.57. The van der Waals surface area contributed by atoms with Crippen molar-refractivity contribution in [2.45, 2.75) is 38.8 Å². The normalized spacial score (nSPS) is 17.9. The molecule has 0 spiro atoms. The second kappa shape index (κ2) is 7.10. The number of nitriles is 1. The summed E-state index contributed by atoms with van der Waals surface area (Å²) in [5.74, 6) is 1.94. The lowest BCUT2D eigenvalue weighted by Gasteiger charge is -2.32. The maximum Gasteiger partial charge on any atom is 0.244 e. The molecule has 0 saturated carbocycles. The number of aryl methyl sites for hydroxylation is 1. The third kappa shape index (κ3) is 3.37. The van der Waals surface area contributed by atoms with Crippen molar-refractivity contribution in [2.75, 3.05) is 6.54 Å². The molecule has 0 bridgehead atoms. The average molecular weight is 349 g/mol. The lowest BCUT2D eigenvalue weighted by Crippen LogP contribution is -2.33. The smallest absolute Gasteiger partial charge is 0.244 e. The molecule has 7 nitrogen and oxygen atoms in total. The Morgan fingerprint density at radius 3 is 2.96 bits per heavy atom. The van der Waals surface area contributed by atoms with Gasteiger partial charge >= 0.3 is 0 Å². The van der Waals surface area contributed by atoms with Gasteiger partial charge in [-0.15, -0.1) is 0 Å². The lowest BCUT2D eigenvalue weighted by atomic mass is 10.0. The Morgan fingerprint density at radius 1 is 1.23 bits per heavy atom. The minimum absolute atomic E-state index is 0.0705. The first kappa shape index (κ1) is 16.5. The van der Waals surface area contributed by atoms with Crippen LogP contribution >= 0.6 is 0 Å². The molecule has 1 unspecified atom stereocenters. The quantitative estimate of drug-likeness (QED) is 0.710. The summed E-state index contributed by atoms with van der Waals surface area (Å²) in [6.07, 6.45) is 3.23. The summed E-state index contributed by atoms with van der Waals surface area (Å²) >= 11 is 0. The molecule has 2 aromatic heterocycles. The second-order valence-corrected chi connectivity index (χ2v) is 6.56. The summed E-state index contributed by atoms with van der Waals surface area (Å²) in [6.45, 7) is 3.55. The Labute approximate surface area is 151 Å². The van der Waals surface area contributed by atoms with Gasteiger partial charge in [-0.2, -0.15) is 10.2 Å². The number of hydrogen-bond acceptors (Lipinski definition) is 7. The zero-order valence-corrected chi connectivity index (χ0v) is 14.6. The molecule has 1 aliphatic rings. The molecule has 3 aromatic rings. The van der Waals surface area contributed by atoms with Crippen LogP contribution in [0.1, 0.15) is 48.2 Å². The van der Waals surface area contributed by atoms with Crippen molar-refractivity contribution in [3.63, 3.8) is 0 Å². The van der Waals surface area contributed by atoms with Crippen LogP contribution < -0.4 is 0 Å². The minimum atomic E-state index is 0.0705. The summed E-state index contributed by atoms with van der Waals surface area (Å²) in [7, 11) is 0. The van der Waals surface area contributed by atoms with E-state index in [1.54, 1.807) is 12.1 Å². The summed E-state index contributed by atoms with van der Waals surface area (Å²) in [5, 5.41) is 17.3. The average Bonchev–Trinajstić information content (AvgIpc) is 3.32. The number of likely N-dealkylation sites (tertiary alicyclic amines) is 1. The Hall–Kier alpha value is -2.98. The Morgan fingerprint density at radius 2 is 2.15 bits per heavy atom. The molecule has 7 heteroatoms. The Bertz CT molecular complexity index is 939. The van der Waals surface area contributed by atoms with Gasteiger partial charge in [-0.05, 0) is 38.4 Å². The van der Waals surface area contributed by atoms with Crippen LogP contribution in [-0.4, -0.2) is 26.7 Å². The van der Waals surface area contributed by atoms with Crippen LogP contribution in [0, 0.1) is 18.3 Å². The van der Waals surface area contributed by atoms with Crippen molar-refractivity contribution < 1.29 is 9.05 Å². The molecule has 0 aliphatic carbocycles. The molecule has 1 aromatic carbocycles. The number of benzene rings is 1. The maximum atomic E-state index is 9.06. The molecule has 1 saturated heterocycles. The standard InChI is InChI=1S/C19H19N5O2/c1-13-9-16(22-25-13)12-24-8-3-2-7-17(24)19-21-18(23-26-19)15-6-4-5-14(10-15)11-20/h4-6,9-10,17H,2-3,7-8,12H2,1H3. The van der Waals surface area contributed by atoms with Crippen LogP contribution in [0.2, 0.25) is 0 Å². The zero-order valence-electron chi connectivity index (χ0n) is 14.6. The summed E-state index contributed by atoms with van der Waals surface area (Å²) in [5.41, 5.74) is 2.28. The number of aromatic nitrogens is 3. The van der Waals surface area contributed by atoms with Crippen LogP contribution in [0.15, 0.2) is 39.4 Å². The van der Waals surface area contributed by atoms with Gasteiger partial charge in [-0.25, -0.2) is 0 Å². The molecule has 1 aliphatic heterocycles. The molecule has 4 rings (SSSR count). The van der Waals surface area contributed by atoms with Gasteiger partial charge < -0.3 is 9.05 Å². The number of nitrogens with zero attached hydrogens (tertiary/aromatic N) is 5. The maximum absolute atomic E-state index is 9.06. The van der Waals surface area contributed by atoms with Crippen molar-refractivity contribution in [1.29, 1.82) is 5.26 Å². The fraction of sp³-hybridized carbons (Fsp3) is 0.368. The van der Waals surface area contributed by atoms with E-state index in [9.17, 15) is 0 Å². The van der Waals surface area contributed by atoms with Crippen LogP contribution in [0.5, 0.6) is 0 Å². The van der Waals surface area contributed by atoms with Crippen molar-refractivity contribution in [2.24, 2.45) is 0 Å². The summed E-state index contributed by atoms with van der Waals surface area (Å²) in [4.78, 5) is 6.91. The van der Waals surface area contributed by atoms with E-state index in [0.29, 0.717) is 23.8 Å². The van der Waals surface area contributed by atoms with Gasteiger partial charge in [0.1, 0.15) is 5.76 Å². The van der Waals surface area contributed by atoms with E-state index in [0.717, 1.165) is 42.8 Å². The summed E-state index contributed by atoms with van der Waals surface area (Å²) in [6, 6.07) is 11.4. The molecular weight excluding hydrogens is 330 g/mol. The van der Waals surface area contributed by atoms with E-state index in [-0.39, 0.29) is 6.04 Å². The van der Waals surface area contributed by atoms with Crippen molar-refractivity contribution in [3.8, 4) is 17.5 Å². The van der Waals surface area contributed by atoms with Crippen LogP contribution in [0.25, 0.3) is 11.4 Å². The fourth-order valence-electron chi connectivity index (χ4n) is 3.38. The predicted molar refractivity (Wildman–Crippen MR) is 92.7 cm³/mol. The minimum Gasteiger partial charge on any atom is -0.361 e. The van der Waals surface area contributed by atoms with E-state index in [4.69, 9.17) is 14.3 Å². The zero-order chi connectivity index (χ0) is 17.9. The predicted octanol–water partition coefficient (Wildman–Crippen LogP) is 3.63. The van der Waals surface area contributed by atoms with Gasteiger partial charge in [-0.3, -0.25) is 4.90 Å². The van der Waals surface area contributed by atoms with Crippen LogP contribution in [-0.2, 0) is 6.54 Å². The number of rotatable bonds is 4. The van der Waals surface area contributed by atoms with E-state index < -0.39 is 0 Å². The SMILES string of the molecule is Cc1cc(CN2CCCCC2c2nc(-c3cccc(C#N)c3)no2)no1. The summed E-state index contributed by atoms with van der Waals surface area (Å²) < 4.78 is 10.8. The first-order valence-electron chi connectivity index (χ1n) is 8.73. The van der Waals surface area contributed by atoms with Gasteiger partial charge in [0.2, 0.25) is 11.7 Å². The molecule has 0 amide bonds. The Kier molecular flexibility index (Phi) is 4.50. The molecule has 0 radical (unpaired) electrons. The van der Waals surface area contributed by atoms with Crippen LogP contribution in [0.3, 0.4) is 0 Å². The Balaban J connectivity index is 1.57. The molecule has 3 heterocycles. The fourth-order valence-corrected chi connectivity index (χ4v) is 3.38. The van der Waals surface area contributed by atoms with E-state index in [1.165, 1.54) is 0 Å². The largest absolute Gasteiger partial charge is 0.361 e. The molecule has 132 valence electrons. The number of piperidine rings is 1. The van der Waals surface area contributed by atoms with Gasteiger partial charge in [0.25, 0.3) is 0 Å². The van der Waals surface area contributed by atoms with Crippen LogP contribution in [0.4, 0.5) is 0 Å². The van der Waals surface area contributed by atoms with Gasteiger partial charge in [0, 0.05) is 18.2 Å². The van der Waals surface area contributed by atoms with Gasteiger partial charge in [0.05, 0.1) is 23.4 Å². The van der Waals surface area contributed by atoms with Crippen molar-refractivity contribution in [3.05, 3.63) is 53.2 Å². The molecule has 0 N–H and O–H groups in total. The lowest BCUT2D eigenvalue weighted by molar-refractivity contribution is 0.109. The molecule has 1 fully saturated rings. The van der Waals surface area contributed by atoms with E-state index in [2.05, 4.69) is 26.3 Å². The van der Waals surface area contributed by atoms with Gasteiger partial charge in [0.15, 0.2) is 0 Å². The highest BCUT2D eigenvalue weighted by Gasteiger charge is 2.29. The van der Waals surface area contributed by atoms with Crippen molar-refractivity contribution in [1.82, 2.24) is 20.2 Å². The van der Waals surface area contributed by atoms with E-state index >= 15 is 0 Å². The first-order chi connectivity index (χ1) is 12.7. The third-order valence-corrected chi connectivity index (χ3v) is 4.63. The van der Waals surface area contributed by atoms with Gasteiger partial charge in [-0.1, -0.05) is 28.9 Å². The highest BCUT2D eigenvalue weighted by atomic mass is 16.5. The highest BCUT2D eigenvalue weighted by Crippen LogP contribution is 2.32. The molecular formula is C19H19N5O2. The number of hydrogen-bond donors (Lipinski definition) is 0. The third-order valence-electron chi connectivity index (χ3n) is 4.63. The first-order valence-corrected chi connectivity index (χ1v) is 8.73. The monoisotopic (exact) mass is 349 g/mol. The topological polar surface area (TPSA) is 92.0 Å². The molecule has 1 atom stereocenters. The van der Waals surface area contributed by atoms with Crippen molar-refractivity contribution >= 4 is 0 Å².